The highest BCUT2D eigenvalue weighted by Gasteiger charge is 2.31. The molecule has 0 aliphatic carbocycles. The summed E-state index contributed by atoms with van der Waals surface area (Å²) in [4.78, 5) is 29.2. The first-order valence-electron chi connectivity index (χ1n) is 9.63. The summed E-state index contributed by atoms with van der Waals surface area (Å²) < 4.78 is 10.8. The Labute approximate surface area is 165 Å². The minimum Gasteiger partial charge on any atom is -0.493 e. The molecule has 7 heteroatoms. The zero-order valence-electron chi connectivity index (χ0n) is 16.0. The standard InChI is InChI=1S/C20H27ClN2O4/c1-3-27-18-16(21)12-15(13-17(18)26-2)20(25)23-10-6-14(7-11-23)19(24)22-8-4-5-9-22/h12-14H,3-11H2,1-2H3. The number of likely N-dealkylation sites (tertiary alicyclic amines) is 2. The fourth-order valence-corrected chi connectivity index (χ4v) is 4.10. The summed E-state index contributed by atoms with van der Waals surface area (Å²) >= 11 is 6.29. The van der Waals surface area contributed by atoms with Crippen LogP contribution in [-0.2, 0) is 4.79 Å². The summed E-state index contributed by atoms with van der Waals surface area (Å²) in [5.41, 5.74) is 0.477. The van der Waals surface area contributed by atoms with E-state index in [1.54, 1.807) is 17.0 Å². The van der Waals surface area contributed by atoms with Gasteiger partial charge in [-0.1, -0.05) is 11.6 Å². The summed E-state index contributed by atoms with van der Waals surface area (Å²) in [6.45, 7) is 5.24. The second kappa shape index (κ2) is 8.83. The lowest BCUT2D eigenvalue weighted by Crippen LogP contribution is -2.43. The van der Waals surface area contributed by atoms with E-state index < -0.39 is 0 Å². The van der Waals surface area contributed by atoms with Gasteiger partial charge in [0, 0.05) is 37.7 Å². The molecular weight excluding hydrogens is 368 g/mol. The quantitative estimate of drug-likeness (QED) is 0.769. The third-order valence-electron chi connectivity index (χ3n) is 5.31. The largest absolute Gasteiger partial charge is 0.493 e. The Morgan fingerprint density at radius 1 is 1.11 bits per heavy atom. The summed E-state index contributed by atoms with van der Waals surface area (Å²) in [5.74, 6) is 1.10. The van der Waals surface area contributed by atoms with Crippen molar-refractivity contribution < 1.29 is 19.1 Å². The zero-order chi connectivity index (χ0) is 19.4. The van der Waals surface area contributed by atoms with Crippen LogP contribution in [0, 0.1) is 5.92 Å². The number of halogens is 1. The number of ether oxygens (including phenoxy) is 2. The molecular formula is C20H27ClN2O4. The molecule has 0 atom stereocenters. The van der Waals surface area contributed by atoms with Crippen LogP contribution >= 0.6 is 11.6 Å². The first-order valence-corrected chi connectivity index (χ1v) is 10.0. The number of carbonyl (C=O) groups excluding carboxylic acids is 2. The molecule has 27 heavy (non-hydrogen) atoms. The highest BCUT2D eigenvalue weighted by Crippen LogP contribution is 2.37. The van der Waals surface area contributed by atoms with Gasteiger partial charge in [-0.15, -0.1) is 0 Å². The van der Waals surface area contributed by atoms with E-state index in [0.29, 0.717) is 54.6 Å². The van der Waals surface area contributed by atoms with Gasteiger partial charge in [-0.25, -0.2) is 0 Å². The van der Waals surface area contributed by atoms with E-state index >= 15 is 0 Å². The minimum atomic E-state index is -0.0923. The molecule has 0 radical (unpaired) electrons. The van der Waals surface area contributed by atoms with Crippen molar-refractivity contribution in [3.8, 4) is 11.5 Å². The lowest BCUT2D eigenvalue weighted by atomic mass is 9.95. The predicted octanol–water partition coefficient (Wildman–Crippen LogP) is 3.22. The number of amides is 2. The molecule has 2 heterocycles. The normalized spacial score (nSPS) is 17.9. The van der Waals surface area contributed by atoms with Gasteiger partial charge >= 0.3 is 0 Å². The molecule has 2 saturated heterocycles. The lowest BCUT2D eigenvalue weighted by molar-refractivity contribution is -0.135. The van der Waals surface area contributed by atoms with Crippen LogP contribution in [0.1, 0.15) is 43.0 Å². The van der Waals surface area contributed by atoms with Crippen molar-refractivity contribution in [1.29, 1.82) is 0 Å². The van der Waals surface area contributed by atoms with Gasteiger partial charge < -0.3 is 19.3 Å². The molecule has 2 fully saturated rings. The van der Waals surface area contributed by atoms with Crippen LogP contribution in [0.4, 0.5) is 0 Å². The average Bonchev–Trinajstić information content (AvgIpc) is 3.23. The van der Waals surface area contributed by atoms with Gasteiger partial charge in [0.2, 0.25) is 5.91 Å². The van der Waals surface area contributed by atoms with E-state index in [4.69, 9.17) is 21.1 Å². The molecule has 0 aromatic heterocycles. The molecule has 0 bridgehead atoms. The zero-order valence-corrected chi connectivity index (χ0v) is 16.8. The maximum atomic E-state index is 12.9. The molecule has 1 aromatic carbocycles. The number of carbonyl (C=O) groups is 2. The van der Waals surface area contributed by atoms with Gasteiger partial charge in [-0.2, -0.15) is 0 Å². The first kappa shape index (κ1) is 19.8. The number of methoxy groups -OCH3 is 1. The highest BCUT2D eigenvalue weighted by atomic mass is 35.5. The number of hydrogen-bond acceptors (Lipinski definition) is 4. The third kappa shape index (κ3) is 4.32. The second-order valence-electron chi connectivity index (χ2n) is 7.02. The number of rotatable bonds is 5. The fourth-order valence-electron chi connectivity index (χ4n) is 3.84. The highest BCUT2D eigenvalue weighted by molar-refractivity contribution is 6.32. The molecule has 3 rings (SSSR count). The van der Waals surface area contributed by atoms with Crippen LogP contribution in [0.25, 0.3) is 0 Å². The Morgan fingerprint density at radius 3 is 2.37 bits per heavy atom. The van der Waals surface area contributed by atoms with Crippen molar-refractivity contribution in [1.82, 2.24) is 9.80 Å². The maximum Gasteiger partial charge on any atom is 0.254 e. The molecule has 2 amide bonds. The van der Waals surface area contributed by atoms with Gasteiger partial charge in [-0.3, -0.25) is 9.59 Å². The second-order valence-corrected chi connectivity index (χ2v) is 7.43. The minimum absolute atomic E-state index is 0.0330. The summed E-state index contributed by atoms with van der Waals surface area (Å²) in [6, 6.07) is 3.29. The number of benzene rings is 1. The molecule has 2 aliphatic heterocycles. The summed E-state index contributed by atoms with van der Waals surface area (Å²) in [7, 11) is 1.53. The molecule has 2 aliphatic rings. The van der Waals surface area contributed by atoms with E-state index in [0.717, 1.165) is 25.9 Å². The first-order chi connectivity index (χ1) is 13.0. The van der Waals surface area contributed by atoms with E-state index in [2.05, 4.69) is 0 Å². The lowest BCUT2D eigenvalue weighted by Gasteiger charge is -2.33. The Kier molecular flexibility index (Phi) is 6.47. The Bertz CT molecular complexity index is 695. The van der Waals surface area contributed by atoms with Crippen molar-refractivity contribution in [2.24, 2.45) is 5.92 Å². The van der Waals surface area contributed by atoms with Crippen molar-refractivity contribution >= 4 is 23.4 Å². The maximum absolute atomic E-state index is 12.9. The van der Waals surface area contributed by atoms with Crippen LogP contribution in [-0.4, -0.2) is 61.5 Å². The van der Waals surface area contributed by atoms with Crippen molar-refractivity contribution in [2.45, 2.75) is 32.6 Å². The Hall–Kier alpha value is -1.95. The van der Waals surface area contributed by atoms with Crippen LogP contribution in [0.15, 0.2) is 12.1 Å². The molecule has 0 N–H and O–H groups in total. The summed E-state index contributed by atoms with van der Waals surface area (Å²) in [6.07, 6.45) is 3.62. The predicted molar refractivity (Wildman–Crippen MR) is 104 cm³/mol. The van der Waals surface area contributed by atoms with Crippen LogP contribution < -0.4 is 9.47 Å². The monoisotopic (exact) mass is 394 g/mol. The molecule has 6 nitrogen and oxygen atoms in total. The molecule has 0 saturated carbocycles. The van der Waals surface area contributed by atoms with Crippen LogP contribution in [0.5, 0.6) is 11.5 Å². The van der Waals surface area contributed by atoms with Crippen molar-refractivity contribution in [3.05, 3.63) is 22.7 Å². The van der Waals surface area contributed by atoms with Crippen molar-refractivity contribution in [2.75, 3.05) is 39.9 Å². The van der Waals surface area contributed by atoms with E-state index in [1.807, 2.05) is 11.8 Å². The molecule has 0 spiro atoms. The number of nitrogens with zero attached hydrogens (tertiary/aromatic N) is 2. The van der Waals surface area contributed by atoms with Gasteiger partial charge in [0.15, 0.2) is 11.5 Å². The van der Waals surface area contributed by atoms with Gasteiger partial charge in [0.05, 0.1) is 18.7 Å². The molecule has 148 valence electrons. The van der Waals surface area contributed by atoms with E-state index in [9.17, 15) is 9.59 Å². The van der Waals surface area contributed by atoms with E-state index in [-0.39, 0.29) is 17.7 Å². The Balaban J connectivity index is 1.65. The smallest absolute Gasteiger partial charge is 0.254 e. The molecule has 0 unspecified atom stereocenters. The van der Waals surface area contributed by atoms with Gasteiger partial charge in [0.25, 0.3) is 5.91 Å². The summed E-state index contributed by atoms with van der Waals surface area (Å²) in [5, 5.41) is 0.360. The number of piperidine rings is 1. The fraction of sp³-hybridized carbons (Fsp3) is 0.600. The molecule has 1 aromatic rings. The average molecular weight is 395 g/mol. The van der Waals surface area contributed by atoms with E-state index in [1.165, 1.54) is 7.11 Å². The Morgan fingerprint density at radius 2 is 1.78 bits per heavy atom. The van der Waals surface area contributed by atoms with Crippen LogP contribution in [0.2, 0.25) is 5.02 Å². The number of hydrogen-bond donors (Lipinski definition) is 0. The SMILES string of the molecule is CCOc1c(Cl)cc(C(=O)N2CCC(C(=O)N3CCCC3)CC2)cc1OC. The van der Waals surface area contributed by atoms with Crippen LogP contribution in [0.3, 0.4) is 0 Å². The van der Waals surface area contributed by atoms with Gasteiger partial charge in [-0.05, 0) is 44.7 Å². The topological polar surface area (TPSA) is 59.1 Å². The van der Waals surface area contributed by atoms with Gasteiger partial charge in [0.1, 0.15) is 0 Å². The van der Waals surface area contributed by atoms with Crippen molar-refractivity contribution in [3.63, 3.8) is 0 Å². The third-order valence-corrected chi connectivity index (χ3v) is 5.59.